The van der Waals surface area contributed by atoms with Crippen LogP contribution in [0.25, 0.3) is 0 Å². The summed E-state index contributed by atoms with van der Waals surface area (Å²) < 4.78 is 0. The normalized spacial score (nSPS) is 23.4. The van der Waals surface area contributed by atoms with Crippen molar-refractivity contribution in [3.8, 4) is 0 Å². The second kappa shape index (κ2) is 8.34. The summed E-state index contributed by atoms with van der Waals surface area (Å²) in [5.74, 6) is 0.453. The Hall–Kier alpha value is -3.09. The van der Waals surface area contributed by atoms with Gasteiger partial charge >= 0.3 is 0 Å². The van der Waals surface area contributed by atoms with E-state index in [9.17, 15) is 4.79 Å². The Kier molecular flexibility index (Phi) is 5.26. The number of benzene rings is 2. The van der Waals surface area contributed by atoms with Crippen LogP contribution in [0.1, 0.15) is 34.0 Å². The fourth-order valence-electron chi connectivity index (χ4n) is 4.85. The summed E-state index contributed by atoms with van der Waals surface area (Å²) >= 11 is 0. The van der Waals surface area contributed by atoms with Gasteiger partial charge in [-0.25, -0.2) is 4.98 Å². The van der Waals surface area contributed by atoms with E-state index in [2.05, 4.69) is 81.5 Å². The van der Waals surface area contributed by atoms with Crippen LogP contribution in [0.4, 0.5) is 0 Å². The van der Waals surface area contributed by atoms with Crippen LogP contribution in [0.15, 0.2) is 79.3 Å². The molecule has 30 heavy (non-hydrogen) atoms. The molecule has 6 nitrogen and oxygen atoms in total. The summed E-state index contributed by atoms with van der Waals surface area (Å²) in [5.41, 5.74) is 10.1. The maximum absolute atomic E-state index is 13.0. The topological polar surface area (TPSA) is 70.2 Å². The summed E-state index contributed by atoms with van der Waals surface area (Å²) in [7, 11) is 0. The first-order valence-electron chi connectivity index (χ1n) is 10.5. The van der Waals surface area contributed by atoms with Crippen LogP contribution in [0, 0.1) is 5.92 Å². The van der Waals surface area contributed by atoms with Crippen LogP contribution in [0.3, 0.4) is 0 Å². The molecule has 3 atom stereocenters. The SMILES string of the molecule is O=C(c1cnccn1)N1CCC2NNC(C(c3ccccc3)c3ccccc3)C2C1. The third-order valence-corrected chi connectivity index (χ3v) is 6.30. The number of carbonyl (C=O) groups is 1. The van der Waals surface area contributed by atoms with Gasteiger partial charge in [0.1, 0.15) is 5.69 Å². The molecule has 0 aliphatic carbocycles. The molecule has 1 aromatic heterocycles. The third-order valence-electron chi connectivity index (χ3n) is 6.30. The first-order valence-corrected chi connectivity index (χ1v) is 10.5. The van der Waals surface area contributed by atoms with Gasteiger partial charge in [-0.2, -0.15) is 0 Å². The molecular formula is C24H25N5O. The molecule has 3 aromatic rings. The lowest BCUT2D eigenvalue weighted by Crippen LogP contribution is -2.49. The van der Waals surface area contributed by atoms with Gasteiger partial charge in [-0.05, 0) is 17.5 Å². The summed E-state index contributed by atoms with van der Waals surface area (Å²) in [6.07, 6.45) is 5.63. The number of nitrogens with zero attached hydrogens (tertiary/aromatic N) is 3. The third kappa shape index (κ3) is 3.60. The lowest BCUT2D eigenvalue weighted by molar-refractivity contribution is 0.0643. The highest BCUT2D eigenvalue weighted by atomic mass is 16.2. The van der Waals surface area contributed by atoms with Gasteiger partial charge in [-0.1, -0.05) is 60.7 Å². The number of aromatic nitrogens is 2. The molecule has 2 N–H and O–H groups in total. The number of nitrogens with one attached hydrogen (secondary N) is 2. The molecule has 0 bridgehead atoms. The van der Waals surface area contributed by atoms with Crippen molar-refractivity contribution in [2.75, 3.05) is 13.1 Å². The van der Waals surface area contributed by atoms with Crippen LogP contribution < -0.4 is 10.9 Å². The first kappa shape index (κ1) is 18.9. The predicted octanol–water partition coefficient (Wildman–Crippen LogP) is 2.62. The molecule has 2 fully saturated rings. The number of fused-ring (bicyclic) bond motifs is 1. The highest BCUT2D eigenvalue weighted by Gasteiger charge is 2.45. The summed E-state index contributed by atoms with van der Waals surface area (Å²) in [5, 5.41) is 0. The summed E-state index contributed by atoms with van der Waals surface area (Å²) in [6, 6.07) is 21.8. The van der Waals surface area contributed by atoms with E-state index in [1.807, 2.05) is 4.90 Å². The van der Waals surface area contributed by atoms with Crippen molar-refractivity contribution in [3.63, 3.8) is 0 Å². The van der Waals surface area contributed by atoms with Gasteiger partial charge in [0, 0.05) is 49.4 Å². The van der Waals surface area contributed by atoms with E-state index in [1.165, 1.54) is 11.1 Å². The number of piperidine rings is 1. The largest absolute Gasteiger partial charge is 0.337 e. The minimum absolute atomic E-state index is 0.0387. The van der Waals surface area contributed by atoms with E-state index in [0.717, 1.165) is 13.0 Å². The van der Waals surface area contributed by atoms with E-state index < -0.39 is 0 Å². The van der Waals surface area contributed by atoms with Gasteiger partial charge in [-0.15, -0.1) is 0 Å². The molecule has 2 aliphatic heterocycles. The quantitative estimate of drug-likeness (QED) is 0.706. The van der Waals surface area contributed by atoms with E-state index in [-0.39, 0.29) is 17.9 Å². The first-order chi connectivity index (χ1) is 14.8. The fourth-order valence-corrected chi connectivity index (χ4v) is 4.85. The van der Waals surface area contributed by atoms with Crippen molar-refractivity contribution in [3.05, 3.63) is 96.1 Å². The minimum Gasteiger partial charge on any atom is -0.337 e. The van der Waals surface area contributed by atoms with Crippen molar-refractivity contribution in [2.24, 2.45) is 5.92 Å². The Morgan fingerprint density at radius 2 is 1.67 bits per heavy atom. The Labute approximate surface area is 176 Å². The Balaban J connectivity index is 1.44. The Morgan fingerprint density at radius 3 is 2.30 bits per heavy atom. The van der Waals surface area contributed by atoms with Crippen LogP contribution in [0.2, 0.25) is 0 Å². The van der Waals surface area contributed by atoms with E-state index in [1.54, 1.807) is 18.6 Å². The van der Waals surface area contributed by atoms with E-state index in [4.69, 9.17) is 0 Å². The molecule has 3 heterocycles. The van der Waals surface area contributed by atoms with Crippen LogP contribution in [-0.4, -0.2) is 45.9 Å². The zero-order valence-electron chi connectivity index (χ0n) is 16.7. The maximum atomic E-state index is 13.0. The van der Waals surface area contributed by atoms with Crippen molar-refractivity contribution < 1.29 is 4.79 Å². The van der Waals surface area contributed by atoms with Crippen LogP contribution in [-0.2, 0) is 0 Å². The zero-order chi connectivity index (χ0) is 20.3. The molecule has 2 saturated heterocycles. The lowest BCUT2D eigenvalue weighted by atomic mass is 9.76. The molecule has 152 valence electrons. The van der Waals surface area contributed by atoms with Crippen molar-refractivity contribution in [2.45, 2.75) is 24.4 Å². The van der Waals surface area contributed by atoms with E-state index >= 15 is 0 Å². The van der Waals surface area contributed by atoms with Gasteiger partial charge in [0.15, 0.2) is 0 Å². The van der Waals surface area contributed by atoms with Gasteiger partial charge in [0.2, 0.25) is 0 Å². The van der Waals surface area contributed by atoms with Gasteiger partial charge < -0.3 is 4.90 Å². The molecule has 5 rings (SSSR count). The zero-order valence-corrected chi connectivity index (χ0v) is 16.7. The Bertz CT molecular complexity index is 943. The number of hydrogen-bond donors (Lipinski definition) is 2. The molecule has 1 amide bonds. The average molecular weight is 399 g/mol. The number of hydrogen-bond acceptors (Lipinski definition) is 5. The molecule has 2 aliphatic rings. The molecule has 0 spiro atoms. The molecule has 0 saturated carbocycles. The molecular weight excluding hydrogens is 374 g/mol. The molecule has 0 radical (unpaired) electrons. The smallest absolute Gasteiger partial charge is 0.274 e. The van der Waals surface area contributed by atoms with Gasteiger partial charge in [0.05, 0.1) is 6.20 Å². The van der Waals surface area contributed by atoms with Gasteiger partial charge in [-0.3, -0.25) is 20.6 Å². The van der Waals surface area contributed by atoms with Gasteiger partial charge in [0.25, 0.3) is 5.91 Å². The predicted molar refractivity (Wildman–Crippen MR) is 115 cm³/mol. The van der Waals surface area contributed by atoms with Crippen molar-refractivity contribution in [1.29, 1.82) is 0 Å². The van der Waals surface area contributed by atoms with Crippen molar-refractivity contribution >= 4 is 5.91 Å². The summed E-state index contributed by atoms with van der Waals surface area (Å²) in [4.78, 5) is 23.2. The Morgan fingerprint density at radius 1 is 0.967 bits per heavy atom. The highest BCUT2D eigenvalue weighted by Crippen LogP contribution is 2.37. The standard InChI is InChI=1S/C24H25N5O/c30-24(21-15-25-12-13-26-21)29-14-11-20-19(16-29)23(28-27-20)22(17-7-3-1-4-8-17)18-9-5-2-6-10-18/h1-10,12-13,15,19-20,22-23,27-28H,11,14,16H2. The molecule has 3 unspecified atom stereocenters. The highest BCUT2D eigenvalue weighted by molar-refractivity contribution is 5.92. The second-order valence-corrected chi connectivity index (χ2v) is 8.01. The van der Waals surface area contributed by atoms with E-state index in [0.29, 0.717) is 24.2 Å². The summed E-state index contributed by atoms with van der Waals surface area (Å²) in [6.45, 7) is 1.42. The molecule has 2 aromatic carbocycles. The average Bonchev–Trinajstić information content (AvgIpc) is 3.24. The molecule has 6 heteroatoms. The van der Waals surface area contributed by atoms with Crippen LogP contribution in [0.5, 0.6) is 0 Å². The number of rotatable bonds is 4. The fraction of sp³-hybridized carbons (Fsp3) is 0.292. The number of hydrazine groups is 1. The lowest BCUT2D eigenvalue weighted by Gasteiger charge is -2.38. The number of likely N-dealkylation sites (tertiary alicyclic amines) is 1. The van der Waals surface area contributed by atoms with Crippen LogP contribution >= 0.6 is 0 Å². The second-order valence-electron chi connectivity index (χ2n) is 8.01. The minimum atomic E-state index is -0.0387. The van der Waals surface area contributed by atoms with Crippen molar-refractivity contribution in [1.82, 2.24) is 25.7 Å². The number of amides is 1. The maximum Gasteiger partial charge on any atom is 0.274 e. The monoisotopic (exact) mass is 399 g/mol. The number of carbonyl (C=O) groups excluding carboxylic acids is 1.